The highest BCUT2D eigenvalue weighted by atomic mass is 32.1. The zero-order chi connectivity index (χ0) is 27.1. The van der Waals surface area contributed by atoms with E-state index in [1.54, 1.807) is 24.3 Å². The minimum Gasteiger partial charge on any atom is -0.206 e. The average molecular weight is 532 g/mol. The lowest BCUT2D eigenvalue weighted by Gasteiger charge is -2.25. The van der Waals surface area contributed by atoms with Crippen molar-refractivity contribution in [3.05, 3.63) is 99.1 Å². The van der Waals surface area contributed by atoms with E-state index in [4.69, 9.17) is 0 Å². The molecule has 192 valence electrons. The third-order valence-electron chi connectivity index (χ3n) is 6.68. The lowest BCUT2D eigenvalue weighted by molar-refractivity contribution is 0.399. The molecule has 0 saturated heterocycles. The second kappa shape index (κ2) is 12.7. The second-order valence-corrected chi connectivity index (χ2v) is 9.54. The van der Waals surface area contributed by atoms with E-state index in [9.17, 15) is 13.2 Å². The summed E-state index contributed by atoms with van der Waals surface area (Å²) in [4.78, 5) is 3.37. The molecule has 38 heavy (non-hydrogen) atoms. The summed E-state index contributed by atoms with van der Waals surface area (Å²) in [5, 5.41) is 1.94. The number of nitrogens with zero attached hydrogens (tertiary/aromatic N) is 1. The van der Waals surface area contributed by atoms with Crippen molar-refractivity contribution in [2.45, 2.75) is 51.9 Å². The topological polar surface area (TPSA) is 12.4 Å². The molecule has 1 aliphatic carbocycles. The molecule has 0 aromatic heterocycles. The highest BCUT2D eigenvalue weighted by molar-refractivity contribution is 7.78. The monoisotopic (exact) mass is 531 g/mol. The van der Waals surface area contributed by atoms with Gasteiger partial charge in [0.1, 0.15) is 17.3 Å². The van der Waals surface area contributed by atoms with Gasteiger partial charge in [-0.3, -0.25) is 0 Å². The Morgan fingerprint density at radius 3 is 2.11 bits per heavy atom. The van der Waals surface area contributed by atoms with Crippen LogP contribution in [0.5, 0.6) is 0 Å². The molecule has 0 heterocycles. The van der Waals surface area contributed by atoms with E-state index in [0.717, 1.165) is 43.4 Å². The summed E-state index contributed by atoms with van der Waals surface area (Å²) in [5.74, 6) is 8.54. The van der Waals surface area contributed by atoms with Gasteiger partial charge in [-0.2, -0.15) is 4.99 Å². The number of hydrogen-bond donors (Lipinski definition) is 0. The minimum atomic E-state index is -0.884. The first kappa shape index (κ1) is 27.3. The van der Waals surface area contributed by atoms with Gasteiger partial charge >= 0.3 is 0 Å². The summed E-state index contributed by atoms with van der Waals surface area (Å²) < 4.78 is 57.9. The molecule has 1 nitrogen and oxygen atoms in total. The molecule has 0 N–H and O–H groups in total. The van der Waals surface area contributed by atoms with Crippen molar-refractivity contribution < 1.29 is 17.6 Å². The molecule has 4 rings (SSSR count). The molecule has 6 heteroatoms. The largest absolute Gasteiger partial charge is 0.206 e. The maximum absolute atomic E-state index is 15.2. The lowest BCUT2D eigenvalue weighted by atomic mass is 9.80. The smallest absolute Gasteiger partial charge is 0.153 e. The molecule has 0 radical (unpaired) electrons. The number of hydrogen-bond acceptors (Lipinski definition) is 2. The van der Waals surface area contributed by atoms with Crippen molar-refractivity contribution in [3.63, 3.8) is 0 Å². The van der Waals surface area contributed by atoms with E-state index in [1.165, 1.54) is 12.5 Å². The first-order valence-corrected chi connectivity index (χ1v) is 13.0. The Morgan fingerprint density at radius 2 is 1.47 bits per heavy atom. The number of thiocarbonyl (C=S) groups is 1. The van der Waals surface area contributed by atoms with Crippen LogP contribution in [0, 0.1) is 52.9 Å². The van der Waals surface area contributed by atoms with Gasteiger partial charge < -0.3 is 0 Å². The van der Waals surface area contributed by atoms with Crippen molar-refractivity contribution in [1.29, 1.82) is 0 Å². The number of benzene rings is 3. The number of rotatable bonds is 5. The molecule has 3 aromatic rings. The molecule has 1 aliphatic rings. The van der Waals surface area contributed by atoms with Crippen molar-refractivity contribution in [2.75, 3.05) is 0 Å². The van der Waals surface area contributed by atoms with Crippen molar-refractivity contribution in [1.82, 2.24) is 0 Å². The number of isothiocyanates is 1. The Morgan fingerprint density at radius 1 is 0.842 bits per heavy atom. The predicted octanol–water partition coefficient (Wildman–Crippen LogP) is 8.46. The fourth-order valence-corrected chi connectivity index (χ4v) is 4.76. The highest BCUT2D eigenvalue weighted by Crippen LogP contribution is 2.33. The molecule has 0 aliphatic heterocycles. The quantitative estimate of drug-likeness (QED) is 0.106. The second-order valence-electron chi connectivity index (χ2n) is 9.36. The summed E-state index contributed by atoms with van der Waals surface area (Å²) in [6.07, 6.45) is 6.84. The Balaban J connectivity index is 1.48. The minimum absolute atomic E-state index is 0.137. The van der Waals surface area contributed by atoms with E-state index in [0.29, 0.717) is 35.4 Å². The third-order valence-corrected chi connectivity index (χ3v) is 6.77. The molecule has 1 atom stereocenters. The van der Waals surface area contributed by atoms with Crippen LogP contribution in [0.4, 0.5) is 23.2 Å². The van der Waals surface area contributed by atoms with Gasteiger partial charge in [-0.1, -0.05) is 56.3 Å². The van der Waals surface area contributed by atoms with Gasteiger partial charge in [0.2, 0.25) is 0 Å². The fraction of sp³-hybridized carbons (Fsp3) is 0.281. The van der Waals surface area contributed by atoms with Gasteiger partial charge in [0.25, 0.3) is 0 Å². The van der Waals surface area contributed by atoms with Crippen molar-refractivity contribution in [2.24, 2.45) is 10.9 Å². The summed E-state index contributed by atoms with van der Waals surface area (Å²) in [6, 6.07) is 10.3. The van der Waals surface area contributed by atoms with Crippen LogP contribution in [0.3, 0.4) is 0 Å². The fourth-order valence-electron chi connectivity index (χ4n) is 4.67. The Labute approximate surface area is 226 Å². The average Bonchev–Trinajstić information content (AvgIpc) is 2.90. The van der Waals surface area contributed by atoms with Crippen LogP contribution in [0.1, 0.15) is 72.4 Å². The number of aliphatic imine (C=N–C) groups is 1. The third kappa shape index (κ3) is 6.59. The van der Waals surface area contributed by atoms with Gasteiger partial charge in [-0.25, -0.2) is 17.6 Å². The van der Waals surface area contributed by atoms with E-state index in [-0.39, 0.29) is 11.1 Å². The summed E-state index contributed by atoms with van der Waals surface area (Å²) in [6.45, 7) is 2.17. The van der Waals surface area contributed by atoms with Gasteiger partial charge in [-0.05, 0) is 91.0 Å². The maximum Gasteiger partial charge on any atom is 0.153 e. The zero-order valence-electron chi connectivity index (χ0n) is 20.9. The molecule has 0 bridgehead atoms. The van der Waals surface area contributed by atoms with Crippen LogP contribution >= 0.6 is 12.2 Å². The van der Waals surface area contributed by atoms with E-state index in [1.807, 2.05) is 5.16 Å². The first-order chi connectivity index (χ1) is 18.4. The molecule has 0 amide bonds. The maximum atomic E-state index is 15.2. The molecule has 0 saturated carbocycles. The summed E-state index contributed by atoms with van der Waals surface area (Å²) in [5.41, 5.74) is 1.91. The van der Waals surface area contributed by atoms with Crippen LogP contribution in [0.25, 0.3) is 0 Å². The van der Waals surface area contributed by atoms with Gasteiger partial charge in [0.05, 0.1) is 10.7 Å². The Kier molecular flexibility index (Phi) is 9.14. The predicted molar refractivity (Wildman–Crippen MR) is 145 cm³/mol. The van der Waals surface area contributed by atoms with E-state index >= 15 is 4.39 Å². The highest BCUT2D eigenvalue weighted by Gasteiger charge is 2.24. The molecule has 3 aromatic carbocycles. The van der Waals surface area contributed by atoms with Crippen LogP contribution in [-0.4, -0.2) is 5.16 Å². The standard InChI is InChI=1S/C32H25F4NS/c1-2-3-4-5-23-13-14-26-25(16-23)19-28(33)27(31(26)36)15-12-22-8-6-21(7-9-22)10-11-24-17-29(34)32(37-20-38)30(35)18-24/h6-9,17-19,23H,2-5,13-14,16H2,1H3. The lowest BCUT2D eigenvalue weighted by Crippen LogP contribution is -2.17. The summed E-state index contributed by atoms with van der Waals surface area (Å²) >= 11 is 4.39. The van der Waals surface area contributed by atoms with Gasteiger partial charge in [-0.15, -0.1) is 0 Å². The van der Waals surface area contributed by atoms with Crippen molar-refractivity contribution >= 4 is 23.1 Å². The molecule has 0 fully saturated rings. The molecular weight excluding hydrogens is 506 g/mol. The Bertz CT molecular complexity index is 1490. The van der Waals surface area contributed by atoms with Crippen molar-refractivity contribution in [3.8, 4) is 23.7 Å². The SMILES string of the molecule is CCCCCC1CCc2c(cc(F)c(C#Cc3ccc(C#Cc4cc(F)c(N=C=S)c(F)c4)cc3)c2F)C1. The molecular formula is C32H25F4NS. The number of halogens is 4. The zero-order valence-corrected chi connectivity index (χ0v) is 21.8. The van der Waals surface area contributed by atoms with Crippen LogP contribution in [0.15, 0.2) is 47.5 Å². The number of unbranched alkanes of at least 4 members (excludes halogenated alkanes) is 2. The van der Waals surface area contributed by atoms with Crippen LogP contribution in [-0.2, 0) is 12.8 Å². The number of fused-ring (bicyclic) bond motifs is 1. The molecule has 0 spiro atoms. The summed E-state index contributed by atoms with van der Waals surface area (Å²) in [7, 11) is 0. The molecule has 1 unspecified atom stereocenters. The van der Waals surface area contributed by atoms with E-state index < -0.39 is 29.0 Å². The van der Waals surface area contributed by atoms with Gasteiger partial charge in [0, 0.05) is 16.7 Å². The van der Waals surface area contributed by atoms with E-state index in [2.05, 4.69) is 47.8 Å². The van der Waals surface area contributed by atoms with Crippen LogP contribution in [0.2, 0.25) is 0 Å². The van der Waals surface area contributed by atoms with Gasteiger partial charge in [0.15, 0.2) is 11.6 Å². The normalized spacial score (nSPS) is 13.9. The Hall–Kier alpha value is -3.70. The first-order valence-electron chi connectivity index (χ1n) is 12.6. The van der Waals surface area contributed by atoms with Crippen LogP contribution < -0.4 is 0 Å².